The Balaban J connectivity index is 2.61. The fourth-order valence-electron chi connectivity index (χ4n) is 1.20. The van der Waals surface area contributed by atoms with Crippen molar-refractivity contribution in [1.82, 2.24) is 15.3 Å². The smallest absolute Gasteiger partial charge is 0.227 e. The third-order valence-corrected chi connectivity index (χ3v) is 2.24. The Morgan fingerprint density at radius 1 is 1.50 bits per heavy atom. The lowest BCUT2D eigenvalue weighted by Crippen LogP contribution is -2.39. The number of carbonyl (C=O) groups excluding carboxylic acids is 1. The first kappa shape index (κ1) is 12.2. The number of rotatable bonds is 4. The first-order valence-electron chi connectivity index (χ1n) is 4.99. The van der Waals surface area contributed by atoms with Gasteiger partial charge < -0.3 is 16.4 Å². The van der Waals surface area contributed by atoms with E-state index < -0.39 is 5.41 Å². The lowest BCUT2D eigenvalue weighted by atomic mass is 9.92. The third-order valence-electron chi connectivity index (χ3n) is 2.24. The maximum absolute atomic E-state index is 11.5. The standard InChI is InChI=1S/C10H17N5O/c1-10(2,9(16)12-3)5-13-8-4-7(11)14-6-15-8/h4,6H,5H2,1-3H3,(H,12,16)(H3,11,13,14,15). The highest BCUT2D eigenvalue weighted by Crippen LogP contribution is 2.16. The summed E-state index contributed by atoms with van der Waals surface area (Å²) in [5.74, 6) is 0.988. The van der Waals surface area contributed by atoms with E-state index in [-0.39, 0.29) is 5.91 Å². The molecule has 0 aliphatic carbocycles. The van der Waals surface area contributed by atoms with Crippen LogP contribution in [0.2, 0.25) is 0 Å². The van der Waals surface area contributed by atoms with Crippen LogP contribution in [0.4, 0.5) is 11.6 Å². The summed E-state index contributed by atoms with van der Waals surface area (Å²) in [6.07, 6.45) is 1.38. The fraction of sp³-hybridized carbons (Fsp3) is 0.500. The van der Waals surface area contributed by atoms with E-state index in [1.165, 1.54) is 6.33 Å². The lowest BCUT2D eigenvalue weighted by Gasteiger charge is -2.23. The second kappa shape index (κ2) is 4.78. The Morgan fingerprint density at radius 2 is 2.19 bits per heavy atom. The van der Waals surface area contributed by atoms with Gasteiger partial charge in [0.15, 0.2) is 0 Å². The normalized spacial score (nSPS) is 10.9. The Labute approximate surface area is 94.7 Å². The highest BCUT2D eigenvalue weighted by atomic mass is 16.2. The van der Waals surface area contributed by atoms with E-state index in [1.54, 1.807) is 13.1 Å². The van der Waals surface area contributed by atoms with Gasteiger partial charge in [-0.2, -0.15) is 0 Å². The summed E-state index contributed by atoms with van der Waals surface area (Å²) < 4.78 is 0. The van der Waals surface area contributed by atoms with Gasteiger partial charge in [-0.05, 0) is 13.8 Å². The van der Waals surface area contributed by atoms with E-state index in [9.17, 15) is 4.79 Å². The number of nitrogens with zero attached hydrogens (tertiary/aromatic N) is 2. The number of hydrogen-bond acceptors (Lipinski definition) is 5. The van der Waals surface area contributed by atoms with E-state index in [0.29, 0.717) is 18.2 Å². The van der Waals surface area contributed by atoms with E-state index in [1.807, 2.05) is 13.8 Å². The molecule has 1 rings (SSSR count). The molecule has 1 heterocycles. The van der Waals surface area contributed by atoms with Crippen molar-refractivity contribution < 1.29 is 4.79 Å². The zero-order valence-electron chi connectivity index (χ0n) is 9.74. The number of nitrogen functional groups attached to an aromatic ring is 1. The zero-order chi connectivity index (χ0) is 12.2. The number of nitrogens with two attached hydrogens (primary N) is 1. The summed E-state index contributed by atoms with van der Waals surface area (Å²) >= 11 is 0. The largest absolute Gasteiger partial charge is 0.384 e. The Kier molecular flexibility index (Phi) is 3.65. The first-order chi connectivity index (χ1) is 7.45. The number of amides is 1. The minimum absolute atomic E-state index is 0.0259. The van der Waals surface area contributed by atoms with Gasteiger partial charge in [0.05, 0.1) is 5.41 Å². The predicted octanol–water partition coefficient (Wildman–Crippen LogP) is 0.243. The van der Waals surface area contributed by atoms with E-state index in [2.05, 4.69) is 20.6 Å². The van der Waals surface area contributed by atoms with Crippen LogP contribution >= 0.6 is 0 Å². The molecule has 6 nitrogen and oxygen atoms in total. The van der Waals surface area contributed by atoms with Crippen molar-refractivity contribution in [3.05, 3.63) is 12.4 Å². The molecule has 0 saturated carbocycles. The highest BCUT2D eigenvalue weighted by molar-refractivity contribution is 5.82. The number of hydrogen-bond donors (Lipinski definition) is 3. The maximum Gasteiger partial charge on any atom is 0.227 e. The van der Waals surface area contributed by atoms with Crippen molar-refractivity contribution in [2.45, 2.75) is 13.8 Å². The van der Waals surface area contributed by atoms with Crippen LogP contribution in [0.3, 0.4) is 0 Å². The molecule has 16 heavy (non-hydrogen) atoms. The van der Waals surface area contributed by atoms with Gasteiger partial charge in [-0.1, -0.05) is 0 Å². The fourth-order valence-corrected chi connectivity index (χ4v) is 1.20. The van der Waals surface area contributed by atoms with Crippen LogP contribution in [-0.4, -0.2) is 29.5 Å². The van der Waals surface area contributed by atoms with Crippen LogP contribution < -0.4 is 16.4 Å². The third kappa shape index (κ3) is 3.08. The molecule has 0 saturated heterocycles. The summed E-state index contributed by atoms with van der Waals surface area (Å²) in [5, 5.41) is 5.67. The van der Waals surface area contributed by atoms with Gasteiger partial charge in [0, 0.05) is 19.7 Å². The van der Waals surface area contributed by atoms with Crippen molar-refractivity contribution in [1.29, 1.82) is 0 Å². The quantitative estimate of drug-likeness (QED) is 0.680. The molecule has 0 unspecified atom stereocenters. The highest BCUT2D eigenvalue weighted by Gasteiger charge is 2.26. The maximum atomic E-state index is 11.5. The van der Waals surface area contributed by atoms with Gasteiger partial charge in [-0.25, -0.2) is 9.97 Å². The number of nitrogens with one attached hydrogen (secondary N) is 2. The molecule has 6 heteroatoms. The molecular formula is C10H17N5O. The van der Waals surface area contributed by atoms with Gasteiger partial charge in [0.1, 0.15) is 18.0 Å². The average Bonchev–Trinajstić information content (AvgIpc) is 2.25. The second-order valence-electron chi connectivity index (χ2n) is 4.14. The molecule has 0 aliphatic rings. The first-order valence-corrected chi connectivity index (χ1v) is 4.99. The molecule has 4 N–H and O–H groups in total. The molecule has 0 spiro atoms. The van der Waals surface area contributed by atoms with Crippen LogP contribution in [0.25, 0.3) is 0 Å². The number of aromatic nitrogens is 2. The molecule has 1 aromatic rings. The molecule has 0 fully saturated rings. The minimum Gasteiger partial charge on any atom is -0.384 e. The topological polar surface area (TPSA) is 92.9 Å². The van der Waals surface area contributed by atoms with Gasteiger partial charge in [-0.3, -0.25) is 4.79 Å². The zero-order valence-corrected chi connectivity index (χ0v) is 9.74. The van der Waals surface area contributed by atoms with Crippen LogP contribution in [0.5, 0.6) is 0 Å². The van der Waals surface area contributed by atoms with Crippen LogP contribution in [0.1, 0.15) is 13.8 Å². The van der Waals surface area contributed by atoms with Crippen LogP contribution in [-0.2, 0) is 4.79 Å². The molecule has 1 aromatic heterocycles. The molecule has 0 aliphatic heterocycles. The van der Waals surface area contributed by atoms with Crippen molar-refractivity contribution in [2.24, 2.45) is 5.41 Å². The SMILES string of the molecule is CNC(=O)C(C)(C)CNc1cc(N)ncn1. The van der Waals surface area contributed by atoms with E-state index in [0.717, 1.165) is 0 Å². The predicted molar refractivity (Wildman–Crippen MR) is 62.8 cm³/mol. The van der Waals surface area contributed by atoms with Gasteiger partial charge in [-0.15, -0.1) is 0 Å². The average molecular weight is 223 g/mol. The van der Waals surface area contributed by atoms with Crippen molar-refractivity contribution >= 4 is 17.5 Å². The Morgan fingerprint density at radius 3 is 2.75 bits per heavy atom. The van der Waals surface area contributed by atoms with Crippen LogP contribution in [0, 0.1) is 5.41 Å². The van der Waals surface area contributed by atoms with E-state index in [4.69, 9.17) is 5.73 Å². The Bertz CT molecular complexity index is 377. The molecule has 0 aromatic carbocycles. The molecule has 0 radical (unpaired) electrons. The van der Waals surface area contributed by atoms with Crippen molar-refractivity contribution in [3.63, 3.8) is 0 Å². The van der Waals surface area contributed by atoms with Gasteiger partial charge >= 0.3 is 0 Å². The van der Waals surface area contributed by atoms with Gasteiger partial charge in [0.2, 0.25) is 5.91 Å². The molecule has 0 bridgehead atoms. The number of carbonyl (C=O) groups is 1. The second-order valence-corrected chi connectivity index (χ2v) is 4.14. The van der Waals surface area contributed by atoms with Crippen molar-refractivity contribution in [3.8, 4) is 0 Å². The minimum atomic E-state index is -0.505. The van der Waals surface area contributed by atoms with E-state index >= 15 is 0 Å². The monoisotopic (exact) mass is 223 g/mol. The molecular weight excluding hydrogens is 206 g/mol. The van der Waals surface area contributed by atoms with Crippen LogP contribution in [0.15, 0.2) is 12.4 Å². The summed E-state index contributed by atoms with van der Waals surface area (Å²) in [4.78, 5) is 19.3. The molecule has 88 valence electrons. The molecule has 0 atom stereocenters. The number of anilines is 2. The Hall–Kier alpha value is -1.85. The summed E-state index contributed by atoms with van der Waals surface area (Å²) in [6.45, 7) is 4.18. The summed E-state index contributed by atoms with van der Waals surface area (Å²) in [5.41, 5.74) is 5.01. The lowest BCUT2D eigenvalue weighted by molar-refractivity contribution is -0.128. The van der Waals surface area contributed by atoms with Crippen molar-refractivity contribution in [2.75, 3.05) is 24.6 Å². The van der Waals surface area contributed by atoms with Gasteiger partial charge in [0.25, 0.3) is 0 Å². The molecule has 1 amide bonds. The summed E-state index contributed by atoms with van der Waals surface area (Å²) in [6, 6.07) is 1.62. The summed E-state index contributed by atoms with van der Waals surface area (Å²) in [7, 11) is 1.62.